The number of allylic oxidation sites excluding steroid dienone is 2. The number of aryl methyl sites for hydroxylation is 2. The minimum absolute atomic E-state index is 0. The van der Waals surface area contributed by atoms with E-state index in [9.17, 15) is 5.26 Å². The normalized spacial score (nSPS) is 13.6. The number of benzene rings is 3. The average Bonchev–Trinajstić information content (AvgIpc) is 3.41. The molecule has 4 aromatic rings. The van der Waals surface area contributed by atoms with Crippen molar-refractivity contribution in [1.82, 2.24) is 4.57 Å². The molecule has 0 bridgehead atoms. The largest absolute Gasteiger partial charge is 0.439 e. The van der Waals surface area contributed by atoms with Crippen molar-refractivity contribution >= 4 is 46.8 Å². The molecule has 0 atom stereocenters. The molecular weight excluding hydrogens is 559 g/mol. The van der Waals surface area contributed by atoms with Gasteiger partial charge in [0.2, 0.25) is 5.88 Å². The lowest BCUT2D eigenvalue weighted by Crippen LogP contribution is -2.35. The first-order chi connectivity index (χ1) is 17.2. The molecule has 5 nitrogen and oxygen atoms in total. The highest BCUT2D eigenvalue weighted by Crippen LogP contribution is 2.41. The molecule has 0 saturated heterocycles. The van der Waals surface area contributed by atoms with Crippen LogP contribution in [0.15, 0.2) is 84.8 Å². The molecule has 1 aromatic heterocycles. The van der Waals surface area contributed by atoms with Gasteiger partial charge in [0.15, 0.2) is 16.8 Å². The summed E-state index contributed by atoms with van der Waals surface area (Å²) in [6.45, 7) is 8.89. The van der Waals surface area contributed by atoms with Crippen LogP contribution in [-0.2, 0) is 13.1 Å². The highest BCUT2D eigenvalue weighted by atomic mass is 127. The fraction of sp³-hybridized carbons (Fsp3) is 0.200. The Balaban J connectivity index is 0.00000304. The van der Waals surface area contributed by atoms with Gasteiger partial charge in [-0.05, 0) is 68.3 Å². The Morgan fingerprint density at radius 3 is 2.44 bits per heavy atom. The van der Waals surface area contributed by atoms with Gasteiger partial charge in [0.1, 0.15) is 0 Å². The van der Waals surface area contributed by atoms with Gasteiger partial charge >= 0.3 is 0 Å². The van der Waals surface area contributed by atoms with E-state index in [0.29, 0.717) is 5.56 Å². The third-order valence-electron chi connectivity index (χ3n) is 6.51. The van der Waals surface area contributed by atoms with Gasteiger partial charge in [-0.1, -0.05) is 36.4 Å². The van der Waals surface area contributed by atoms with Crippen LogP contribution in [0.1, 0.15) is 32.2 Å². The maximum absolute atomic E-state index is 9.35. The number of nitriles is 1. The molecular formula is C30H30IN4O+. The van der Waals surface area contributed by atoms with Crippen LogP contribution in [-0.4, -0.2) is 11.1 Å². The predicted molar refractivity (Wildman–Crippen MR) is 156 cm³/mol. The summed E-state index contributed by atoms with van der Waals surface area (Å²) in [6, 6.07) is 24.9. The molecule has 0 amide bonds. The van der Waals surface area contributed by atoms with Gasteiger partial charge in [-0.15, -0.1) is 24.0 Å². The maximum Gasteiger partial charge on any atom is 0.282 e. The maximum atomic E-state index is 9.35. The van der Waals surface area contributed by atoms with Gasteiger partial charge < -0.3 is 9.64 Å². The van der Waals surface area contributed by atoms with Crippen LogP contribution in [0.5, 0.6) is 5.75 Å². The lowest BCUT2D eigenvalue weighted by atomic mass is 10.0. The Bertz CT molecular complexity index is 1500. The Hall–Kier alpha value is -3.57. The van der Waals surface area contributed by atoms with Crippen LogP contribution in [0, 0.1) is 11.3 Å². The molecule has 36 heavy (non-hydrogen) atoms. The summed E-state index contributed by atoms with van der Waals surface area (Å²) < 4.78 is 10.8. The molecule has 3 aromatic carbocycles. The monoisotopic (exact) mass is 589 g/mol. The van der Waals surface area contributed by atoms with E-state index in [-0.39, 0.29) is 24.0 Å². The zero-order valence-corrected chi connectivity index (χ0v) is 23.1. The Labute approximate surface area is 229 Å². The third kappa shape index (κ3) is 4.51. The molecule has 1 aliphatic rings. The molecule has 0 fully saturated rings. The minimum atomic E-state index is 0. The Morgan fingerprint density at radius 2 is 1.75 bits per heavy atom. The molecule has 0 aliphatic carbocycles. The summed E-state index contributed by atoms with van der Waals surface area (Å²) in [5.41, 5.74) is 6.35. The molecule has 182 valence electrons. The number of hydrogen-bond acceptors (Lipinski definition) is 3. The van der Waals surface area contributed by atoms with Crippen LogP contribution < -0.4 is 14.2 Å². The van der Waals surface area contributed by atoms with Crippen molar-refractivity contribution in [3.8, 4) is 22.9 Å². The van der Waals surface area contributed by atoms with Gasteiger partial charge in [-0.25, -0.2) is 9.13 Å². The number of anilines is 1. The zero-order valence-electron chi connectivity index (χ0n) is 20.8. The number of rotatable bonds is 6. The smallest absolute Gasteiger partial charge is 0.282 e. The van der Waals surface area contributed by atoms with Gasteiger partial charge in [0.25, 0.3) is 5.82 Å². The predicted octanol–water partition coefficient (Wildman–Crippen LogP) is 6.90. The molecule has 5 rings (SSSR count). The summed E-state index contributed by atoms with van der Waals surface area (Å²) in [5, 5.41) is 9.35. The van der Waals surface area contributed by atoms with Gasteiger partial charge in [-0.3, -0.25) is 0 Å². The number of nitrogens with zero attached hydrogens (tertiary/aromatic N) is 4. The Morgan fingerprint density at radius 1 is 0.944 bits per heavy atom. The molecule has 6 heteroatoms. The summed E-state index contributed by atoms with van der Waals surface area (Å²) >= 11 is 0. The topological polar surface area (TPSA) is 45.1 Å². The Kier molecular flexibility index (Phi) is 7.80. The average molecular weight is 590 g/mol. The van der Waals surface area contributed by atoms with E-state index in [2.05, 4.69) is 95.5 Å². The van der Waals surface area contributed by atoms with E-state index < -0.39 is 0 Å². The quantitative estimate of drug-likeness (QED) is 0.182. The van der Waals surface area contributed by atoms with Gasteiger partial charge in [0, 0.05) is 18.7 Å². The van der Waals surface area contributed by atoms with Crippen LogP contribution in [0.4, 0.5) is 5.69 Å². The van der Waals surface area contributed by atoms with Gasteiger partial charge in [-0.2, -0.15) is 5.26 Å². The zero-order chi connectivity index (χ0) is 24.4. The molecule has 0 saturated carbocycles. The minimum Gasteiger partial charge on any atom is -0.439 e. The second kappa shape index (κ2) is 11.0. The first kappa shape index (κ1) is 25.5. The first-order valence-corrected chi connectivity index (χ1v) is 12.2. The summed E-state index contributed by atoms with van der Waals surface area (Å²) in [6.07, 6.45) is 6.21. The summed E-state index contributed by atoms with van der Waals surface area (Å²) in [4.78, 5) is 2.20. The van der Waals surface area contributed by atoms with E-state index in [1.54, 1.807) is 0 Å². The van der Waals surface area contributed by atoms with Crippen LogP contribution in [0.25, 0.3) is 28.2 Å². The fourth-order valence-electron chi connectivity index (χ4n) is 4.85. The van der Waals surface area contributed by atoms with Crippen molar-refractivity contribution in [2.24, 2.45) is 0 Å². The highest BCUT2D eigenvalue weighted by Gasteiger charge is 2.25. The van der Waals surface area contributed by atoms with Crippen LogP contribution >= 0.6 is 24.0 Å². The van der Waals surface area contributed by atoms with E-state index in [4.69, 9.17) is 4.74 Å². The summed E-state index contributed by atoms with van der Waals surface area (Å²) in [5.74, 6) is 2.79. The molecule has 0 radical (unpaired) electrons. The number of imidazole rings is 1. The first-order valence-electron chi connectivity index (χ1n) is 12.2. The number of aromatic nitrogens is 2. The van der Waals surface area contributed by atoms with Crippen molar-refractivity contribution in [1.29, 1.82) is 5.26 Å². The molecule has 0 N–H and O–H groups in total. The van der Waals surface area contributed by atoms with Crippen LogP contribution in [0.2, 0.25) is 0 Å². The van der Waals surface area contributed by atoms with E-state index in [1.807, 2.05) is 30.3 Å². The molecule has 0 unspecified atom stereocenters. The summed E-state index contributed by atoms with van der Waals surface area (Å²) in [7, 11) is 0. The standard InChI is InChI=1S/C30H29N4O.HI/c1-4-32-25-17-15-22(21-31)19-26(25)33(5-2)29(32)13-10-14-30-34(6-3)27-20-24(16-18-28(27)35-30)23-11-8-7-9-12-23;/h7-20H,4-6H2,1-3H3;1H/q+1;. The fourth-order valence-corrected chi connectivity index (χ4v) is 4.85. The third-order valence-corrected chi connectivity index (χ3v) is 6.51. The molecule has 2 heterocycles. The van der Waals surface area contributed by atoms with Crippen molar-refractivity contribution in [2.45, 2.75) is 33.9 Å². The second-order valence-electron chi connectivity index (χ2n) is 8.42. The van der Waals surface area contributed by atoms with Gasteiger partial charge in [0.05, 0.1) is 30.4 Å². The number of halogens is 1. The van der Waals surface area contributed by atoms with Crippen molar-refractivity contribution in [2.75, 3.05) is 11.4 Å². The highest BCUT2D eigenvalue weighted by molar-refractivity contribution is 14.0. The lowest BCUT2D eigenvalue weighted by molar-refractivity contribution is -0.670. The number of hydrogen-bond donors (Lipinski definition) is 0. The number of fused-ring (bicyclic) bond motifs is 2. The SMILES string of the molecule is CCN1/C(=C\C=C\c2n(CC)c3cc(C#N)ccc3[n+]2CC)Oc2ccc(-c3ccccc3)cc21.I. The van der Waals surface area contributed by atoms with Crippen molar-refractivity contribution < 1.29 is 9.30 Å². The number of ether oxygens (including phenoxy) is 1. The molecule has 0 spiro atoms. The van der Waals surface area contributed by atoms with E-state index >= 15 is 0 Å². The van der Waals surface area contributed by atoms with Crippen molar-refractivity contribution in [3.05, 3.63) is 96.2 Å². The lowest BCUT2D eigenvalue weighted by Gasteiger charge is -2.15. The molecule has 1 aliphatic heterocycles. The van der Waals surface area contributed by atoms with E-state index in [0.717, 1.165) is 53.8 Å². The van der Waals surface area contributed by atoms with Crippen LogP contribution in [0.3, 0.4) is 0 Å². The van der Waals surface area contributed by atoms with E-state index in [1.165, 1.54) is 11.1 Å². The second-order valence-corrected chi connectivity index (χ2v) is 8.42. The van der Waals surface area contributed by atoms with Crippen molar-refractivity contribution in [3.63, 3.8) is 0 Å².